The van der Waals surface area contributed by atoms with Crippen molar-refractivity contribution in [1.29, 1.82) is 0 Å². The third kappa shape index (κ3) is 5.89. The van der Waals surface area contributed by atoms with E-state index in [0.717, 1.165) is 11.1 Å². The number of rotatable bonds is 4. The molecule has 2 rings (SSSR count). The molecule has 0 saturated heterocycles. The number of carbonyl (C=O) groups excluding carboxylic acids is 2. The van der Waals surface area contributed by atoms with E-state index >= 15 is 0 Å². The van der Waals surface area contributed by atoms with E-state index in [2.05, 4.69) is 16.2 Å². The lowest BCUT2D eigenvalue weighted by Gasteiger charge is -2.12. The summed E-state index contributed by atoms with van der Waals surface area (Å²) in [5.41, 5.74) is 7.22. The van der Waals surface area contributed by atoms with Crippen LogP contribution < -0.4 is 20.9 Å². The van der Waals surface area contributed by atoms with Crippen LogP contribution in [0.4, 0.5) is 0 Å². The Balaban J connectivity index is 1.75. The minimum Gasteiger partial charge on any atom is -0.484 e. The summed E-state index contributed by atoms with van der Waals surface area (Å²) in [6.07, 6.45) is 0. The molecule has 3 N–H and O–H groups in total. The third-order valence-corrected chi connectivity index (χ3v) is 3.50. The van der Waals surface area contributed by atoms with Gasteiger partial charge in [-0.2, -0.15) is 0 Å². The van der Waals surface area contributed by atoms with Gasteiger partial charge in [-0.15, -0.1) is 0 Å². The van der Waals surface area contributed by atoms with Gasteiger partial charge in [0.2, 0.25) is 0 Å². The van der Waals surface area contributed by atoms with Crippen LogP contribution in [0.1, 0.15) is 21.5 Å². The molecule has 25 heavy (non-hydrogen) atoms. The summed E-state index contributed by atoms with van der Waals surface area (Å²) in [6, 6.07) is 14.5. The van der Waals surface area contributed by atoms with Crippen LogP contribution >= 0.6 is 12.2 Å². The molecule has 2 amide bonds. The minimum absolute atomic E-state index is 0.00263. The molecule has 0 aliphatic heterocycles. The van der Waals surface area contributed by atoms with Crippen molar-refractivity contribution in [3.8, 4) is 5.75 Å². The van der Waals surface area contributed by atoms with Crippen LogP contribution in [0.2, 0.25) is 0 Å². The number of carbonyl (C=O) groups is 2. The number of aryl methyl sites for hydroxylation is 2. The highest BCUT2D eigenvalue weighted by molar-refractivity contribution is 7.80. The maximum atomic E-state index is 12.1. The Kier molecular flexibility index (Phi) is 6.47. The molecule has 0 aliphatic rings. The number of hydrazine groups is 1. The molecule has 0 atom stereocenters. The van der Waals surface area contributed by atoms with Gasteiger partial charge in [-0.05, 0) is 55.4 Å². The monoisotopic (exact) mass is 357 g/mol. The predicted molar refractivity (Wildman–Crippen MR) is 99.2 cm³/mol. The quantitative estimate of drug-likeness (QED) is 0.576. The lowest BCUT2D eigenvalue weighted by atomic mass is 10.1. The van der Waals surface area contributed by atoms with Gasteiger partial charge in [0.15, 0.2) is 11.7 Å². The van der Waals surface area contributed by atoms with E-state index in [9.17, 15) is 9.59 Å². The van der Waals surface area contributed by atoms with Gasteiger partial charge in [0, 0.05) is 5.56 Å². The third-order valence-electron chi connectivity index (χ3n) is 3.29. The Labute approximate surface area is 151 Å². The van der Waals surface area contributed by atoms with Crippen molar-refractivity contribution in [1.82, 2.24) is 16.2 Å². The van der Waals surface area contributed by atoms with Crippen LogP contribution in [0.3, 0.4) is 0 Å². The molecule has 0 fully saturated rings. The Morgan fingerprint density at radius 3 is 2.52 bits per heavy atom. The molecule has 130 valence electrons. The van der Waals surface area contributed by atoms with Crippen molar-refractivity contribution < 1.29 is 14.3 Å². The van der Waals surface area contributed by atoms with Gasteiger partial charge in [0.25, 0.3) is 11.8 Å². The maximum absolute atomic E-state index is 12.1. The smallest absolute Gasteiger partial charge is 0.276 e. The molecule has 7 heteroatoms. The van der Waals surface area contributed by atoms with Gasteiger partial charge in [-0.25, -0.2) is 0 Å². The second kappa shape index (κ2) is 8.79. The molecule has 2 aromatic carbocycles. The van der Waals surface area contributed by atoms with Crippen molar-refractivity contribution in [2.24, 2.45) is 0 Å². The van der Waals surface area contributed by atoms with Gasteiger partial charge in [-0.3, -0.25) is 25.8 Å². The van der Waals surface area contributed by atoms with Gasteiger partial charge in [0.1, 0.15) is 5.75 Å². The molecule has 0 heterocycles. The number of benzene rings is 2. The standard InChI is InChI=1S/C18H19N3O3S/c1-12-6-5-8-14(10-12)24-11-16(22)20-21-18(25)19-17(23)15-9-4-3-7-13(15)2/h3-10H,11H2,1-2H3,(H,20,22)(H2,19,21,23,25). The summed E-state index contributed by atoms with van der Waals surface area (Å²) in [5.74, 6) is -0.166. The Bertz CT molecular complexity index is 793. The maximum Gasteiger partial charge on any atom is 0.276 e. The van der Waals surface area contributed by atoms with E-state index in [4.69, 9.17) is 17.0 Å². The summed E-state index contributed by atoms with van der Waals surface area (Å²) < 4.78 is 5.36. The molecule has 0 aliphatic carbocycles. The first-order valence-electron chi connectivity index (χ1n) is 7.61. The van der Waals surface area contributed by atoms with Crippen molar-refractivity contribution >= 4 is 29.1 Å². The first-order valence-corrected chi connectivity index (χ1v) is 8.02. The fourth-order valence-electron chi connectivity index (χ4n) is 2.05. The number of hydrogen-bond acceptors (Lipinski definition) is 4. The largest absolute Gasteiger partial charge is 0.484 e. The van der Waals surface area contributed by atoms with E-state index in [1.54, 1.807) is 18.2 Å². The fourth-order valence-corrected chi connectivity index (χ4v) is 2.19. The lowest BCUT2D eigenvalue weighted by Crippen LogP contribution is -2.49. The fraction of sp³-hybridized carbons (Fsp3) is 0.167. The molecule has 0 saturated carbocycles. The van der Waals surface area contributed by atoms with Crippen LogP contribution in [-0.2, 0) is 4.79 Å². The zero-order valence-corrected chi connectivity index (χ0v) is 14.8. The minimum atomic E-state index is -0.422. The zero-order valence-electron chi connectivity index (χ0n) is 14.0. The van der Waals surface area contributed by atoms with Crippen molar-refractivity contribution in [2.45, 2.75) is 13.8 Å². The van der Waals surface area contributed by atoms with Crippen molar-refractivity contribution in [3.63, 3.8) is 0 Å². The number of nitrogens with one attached hydrogen (secondary N) is 3. The normalized spacial score (nSPS) is 9.84. The van der Waals surface area contributed by atoms with Gasteiger partial charge in [0.05, 0.1) is 0 Å². The van der Waals surface area contributed by atoms with E-state index in [1.807, 2.05) is 44.2 Å². The Morgan fingerprint density at radius 1 is 1.04 bits per heavy atom. The average Bonchev–Trinajstić information content (AvgIpc) is 2.58. The van der Waals surface area contributed by atoms with Gasteiger partial charge < -0.3 is 4.74 Å². The first-order chi connectivity index (χ1) is 12.0. The van der Waals surface area contributed by atoms with E-state index in [0.29, 0.717) is 11.3 Å². The molecule has 2 aromatic rings. The Hall–Kier alpha value is -2.93. The van der Waals surface area contributed by atoms with Crippen LogP contribution in [0.15, 0.2) is 48.5 Å². The summed E-state index contributed by atoms with van der Waals surface area (Å²) in [4.78, 5) is 23.8. The molecular formula is C18H19N3O3S. The highest BCUT2D eigenvalue weighted by atomic mass is 32.1. The average molecular weight is 357 g/mol. The number of amides is 2. The van der Waals surface area contributed by atoms with E-state index < -0.39 is 5.91 Å². The number of hydrogen-bond donors (Lipinski definition) is 3. The number of ether oxygens (including phenoxy) is 1. The molecular weight excluding hydrogens is 338 g/mol. The molecule has 0 unspecified atom stereocenters. The summed E-state index contributed by atoms with van der Waals surface area (Å²) in [6.45, 7) is 3.59. The van der Waals surface area contributed by atoms with Gasteiger partial charge in [-0.1, -0.05) is 30.3 Å². The van der Waals surface area contributed by atoms with Gasteiger partial charge >= 0.3 is 0 Å². The second-order valence-electron chi connectivity index (χ2n) is 5.38. The Morgan fingerprint density at radius 2 is 1.80 bits per heavy atom. The molecule has 0 bridgehead atoms. The van der Waals surface area contributed by atoms with E-state index in [1.165, 1.54) is 0 Å². The van der Waals surface area contributed by atoms with E-state index in [-0.39, 0.29) is 17.6 Å². The predicted octanol–water partition coefficient (Wildman–Crippen LogP) is 2.02. The molecule has 6 nitrogen and oxygen atoms in total. The zero-order chi connectivity index (χ0) is 18.2. The lowest BCUT2D eigenvalue weighted by molar-refractivity contribution is -0.123. The van der Waals surface area contributed by atoms with Crippen LogP contribution in [0.5, 0.6) is 5.75 Å². The molecule has 0 aromatic heterocycles. The highest BCUT2D eigenvalue weighted by Crippen LogP contribution is 2.11. The summed E-state index contributed by atoms with van der Waals surface area (Å²) in [5, 5.41) is 2.50. The SMILES string of the molecule is Cc1cccc(OCC(=O)NNC(=S)NC(=O)c2ccccc2C)c1. The molecule has 0 spiro atoms. The van der Waals surface area contributed by atoms with Crippen LogP contribution in [-0.4, -0.2) is 23.5 Å². The summed E-state index contributed by atoms with van der Waals surface area (Å²) >= 11 is 4.99. The first kappa shape index (κ1) is 18.4. The second-order valence-corrected chi connectivity index (χ2v) is 5.78. The number of thiocarbonyl (C=S) groups is 1. The van der Waals surface area contributed by atoms with Crippen LogP contribution in [0, 0.1) is 13.8 Å². The topological polar surface area (TPSA) is 79.5 Å². The van der Waals surface area contributed by atoms with Crippen LogP contribution in [0.25, 0.3) is 0 Å². The summed E-state index contributed by atoms with van der Waals surface area (Å²) in [7, 11) is 0. The van der Waals surface area contributed by atoms with Crippen molar-refractivity contribution in [2.75, 3.05) is 6.61 Å². The highest BCUT2D eigenvalue weighted by Gasteiger charge is 2.10. The molecule has 0 radical (unpaired) electrons. The van der Waals surface area contributed by atoms with Crippen molar-refractivity contribution in [3.05, 3.63) is 65.2 Å².